The van der Waals surface area contributed by atoms with Crippen LogP contribution in [0.5, 0.6) is 0 Å². The molecule has 1 saturated heterocycles. The van der Waals surface area contributed by atoms with Crippen molar-refractivity contribution in [1.82, 2.24) is 24.6 Å². The second-order valence-corrected chi connectivity index (χ2v) is 9.59. The number of carbonyl (C=O) groups excluding carboxylic acids is 1. The summed E-state index contributed by atoms with van der Waals surface area (Å²) in [5, 5.41) is 8.54. The van der Waals surface area contributed by atoms with Gasteiger partial charge in [0.1, 0.15) is 11.6 Å². The molecule has 2 aliphatic heterocycles. The van der Waals surface area contributed by atoms with Crippen LogP contribution in [0.1, 0.15) is 58.3 Å². The Morgan fingerprint density at radius 3 is 2.61 bits per heavy atom. The number of likely N-dealkylation sites (tertiary alicyclic amines) is 1. The number of benzene rings is 2. The Labute approximate surface area is 196 Å². The molecule has 1 fully saturated rings. The smallest absolute Gasteiger partial charge is 0.254 e. The number of rotatable bonds is 5. The molecule has 5 rings (SSSR count). The minimum Gasteiger partial charge on any atom is -0.331 e. The van der Waals surface area contributed by atoms with Crippen LogP contribution in [-0.2, 0) is 19.5 Å². The second kappa shape index (κ2) is 9.48. The normalized spacial score (nSPS) is 19.3. The molecule has 0 spiro atoms. The highest BCUT2D eigenvalue weighted by Gasteiger charge is 2.29. The number of hydrogen-bond donors (Lipinski definition) is 0. The number of aryl methyl sites for hydroxylation is 2. The van der Waals surface area contributed by atoms with E-state index in [-0.39, 0.29) is 11.9 Å². The maximum Gasteiger partial charge on any atom is 0.254 e. The third-order valence-electron chi connectivity index (χ3n) is 7.32. The molecule has 6 nitrogen and oxygen atoms in total. The van der Waals surface area contributed by atoms with Crippen molar-refractivity contribution < 1.29 is 4.79 Å². The van der Waals surface area contributed by atoms with Crippen LogP contribution in [0.15, 0.2) is 54.6 Å². The highest BCUT2D eigenvalue weighted by atomic mass is 16.2. The Kier molecular flexibility index (Phi) is 6.27. The van der Waals surface area contributed by atoms with E-state index in [2.05, 4.69) is 68.0 Å². The van der Waals surface area contributed by atoms with Gasteiger partial charge in [-0.2, -0.15) is 0 Å². The van der Waals surface area contributed by atoms with Crippen molar-refractivity contribution in [2.24, 2.45) is 0 Å². The maximum absolute atomic E-state index is 13.9. The lowest BCUT2D eigenvalue weighted by Crippen LogP contribution is -2.46. The van der Waals surface area contributed by atoms with E-state index in [1.165, 1.54) is 11.1 Å². The van der Waals surface area contributed by atoms with Gasteiger partial charge < -0.3 is 14.4 Å². The van der Waals surface area contributed by atoms with Gasteiger partial charge >= 0.3 is 0 Å². The van der Waals surface area contributed by atoms with E-state index in [1.54, 1.807) is 0 Å². The van der Waals surface area contributed by atoms with Gasteiger partial charge in [0.05, 0.1) is 0 Å². The monoisotopic (exact) mass is 443 g/mol. The fraction of sp³-hybridized carbons (Fsp3) is 0.444. The zero-order valence-electron chi connectivity index (χ0n) is 19.7. The van der Waals surface area contributed by atoms with Crippen LogP contribution >= 0.6 is 0 Å². The molecule has 2 aromatic carbocycles. The van der Waals surface area contributed by atoms with Crippen molar-refractivity contribution in [3.63, 3.8) is 0 Å². The van der Waals surface area contributed by atoms with E-state index >= 15 is 0 Å². The third-order valence-corrected chi connectivity index (χ3v) is 7.32. The number of carbonyl (C=O) groups is 1. The number of amides is 1. The minimum atomic E-state index is 0.146. The highest BCUT2D eigenvalue weighted by molar-refractivity contribution is 5.94. The second-order valence-electron chi connectivity index (χ2n) is 9.59. The first-order chi connectivity index (χ1) is 16.1. The number of aromatic nitrogens is 3. The van der Waals surface area contributed by atoms with E-state index in [0.717, 1.165) is 62.5 Å². The van der Waals surface area contributed by atoms with Crippen LogP contribution in [0.3, 0.4) is 0 Å². The summed E-state index contributed by atoms with van der Waals surface area (Å²) < 4.78 is 2.23. The van der Waals surface area contributed by atoms with Crippen LogP contribution in [0.25, 0.3) is 0 Å². The van der Waals surface area contributed by atoms with E-state index in [1.807, 2.05) is 25.1 Å². The summed E-state index contributed by atoms with van der Waals surface area (Å²) in [5.74, 6) is 2.57. The molecular weight excluding hydrogens is 410 g/mol. The van der Waals surface area contributed by atoms with Gasteiger partial charge in [0.15, 0.2) is 0 Å². The molecule has 1 atom stereocenters. The molecule has 3 aromatic rings. The summed E-state index contributed by atoms with van der Waals surface area (Å²) in [6, 6.07) is 19.0. The van der Waals surface area contributed by atoms with E-state index < -0.39 is 0 Å². The highest BCUT2D eigenvalue weighted by Crippen LogP contribution is 2.30. The van der Waals surface area contributed by atoms with Gasteiger partial charge in [-0.15, -0.1) is 10.2 Å². The molecular formula is C27H33N5O. The first kappa shape index (κ1) is 21.8. The minimum absolute atomic E-state index is 0.146. The Bertz CT molecular complexity index is 1100. The zero-order valence-corrected chi connectivity index (χ0v) is 19.7. The summed E-state index contributed by atoms with van der Waals surface area (Å²) in [4.78, 5) is 18.3. The molecule has 3 heterocycles. The van der Waals surface area contributed by atoms with Gasteiger partial charge in [-0.3, -0.25) is 4.79 Å². The van der Waals surface area contributed by atoms with Gasteiger partial charge in [-0.1, -0.05) is 42.5 Å². The molecule has 1 amide bonds. The average Bonchev–Trinajstić information content (AvgIpc) is 3.23. The van der Waals surface area contributed by atoms with Crippen LogP contribution in [-0.4, -0.2) is 56.7 Å². The number of hydrogen-bond acceptors (Lipinski definition) is 4. The van der Waals surface area contributed by atoms with Gasteiger partial charge in [0, 0.05) is 37.0 Å². The molecule has 1 aromatic heterocycles. The first-order valence-corrected chi connectivity index (χ1v) is 12.1. The van der Waals surface area contributed by atoms with Gasteiger partial charge in [0.25, 0.3) is 5.91 Å². The topological polar surface area (TPSA) is 54.3 Å². The van der Waals surface area contributed by atoms with Crippen LogP contribution in [0, 0.1) is 6.92 Å². The van der Waals surface area contributed by atoms with E-state index in [9.17, 15) is 4.79 Å². The van der Waals surface area contributed by atoms with Crippen molar-refractivity contribution in [1.29, 1.82) is 0 Å². The first-order valence-electron chi connectivity index (χ1n) is 12.1. The SMILES string of the molecule is Cc1nnc2n1C[C@H](c1cccc(C(=O)N(Cc3ccccc3)C3CCN(C)CC3)c1)CC2. The van der Waals surface area contributed by atoms with Crippen molar-refractivity contribution in [2.45, 2.75) is 57.7 Å². The summed E-state index contributed by atoms with van der Waals surface area (Å²) >= 11 is 0. The third kappa shape index (κ3) is 4.71. The van der Waals surface area contributed by atoms with Gasteiger partial charge in [-0.25, -0.2) is 0 Å². The summed E-state index contributed by atoms with van der Waals surface area (Å²) in [6.07, 6.45) is 4.01. The van der Waals surface area contributed by atoms with Crippen LogP contribution < -0.4 is 0 Å². The maximum atomic E-state index is 13.9. The predicted octanol–water partition coefficient (Wildman–Crippen LogP) is 4.05. The molecule has 0 aliphatic carbocycles. The molecule has 0 N–H and O–H groups in total. The van der Waals surface area contributed by atoms with Gasteiger partial charge in [-0.05, 0) is 69.6 Å². The molecule has 33 heavy (non-hydrogen) atoms. The van der Waals surface area contributed by atoms with Crippen molar-refractivity contribution in [3.8, 4) is 0 Å². The molecule has 0 saturated carbocycles. The van der Waals surface area contributed by atoms with Crippen molar-refractivity contribution in [3.05, 3.63) is 82.9 Å². The average molecular weight is 444 g/mol. The molecule has 0 unspecified atom stereocenters. The van der Waals surface area contributed by atoms with Crippen molar-refractivity contribution in [2.75, 3.05) is 20.1 Å². The fourth-order valence-electron chi connectivity index (χ4n) is 5.28. The van der Waals surface area contributed by atoms with E-state index in [4.69, 9.17) is 0 Å². The quantitative estimate of drug-likeness (QED) is 0.597. The Balaban J connectivity index is 1.39. The number of fused-ring (bicyclic) bond motifs is 1. The number of piperidine rings is 1. The summed E-state index contributed by atoms with van der Waals surface area (Å²) in [6.45, 7) is 5.62. The Morgan fingerprint density at radius 2 is 1.82 bits per heavy atom. The molecule has 2 aliphatic rings. The Hall–Kier alpha value is -2.99. The molecule has 0 radical (unpaired) electrons. The summed E-state index contributed by atoms with van der Waals surface area (Å²) in [5.41, 5.74) is 3.22. The number of nitrogens with zero attached hydrogens (tertiary/aromatic N) is 5. The summed E-state index contributed by atoms with van der Waals surface area (Å²) in [7, 11) is 2.16. The van der Waals surface area contributed by atoms with Gasteiger partial charge in [0.2, 0.25) is 0 Å². The van der Waals surface area contributed by atoms with Crippen molar-refractivity contribution >= 4 is 5.91 Å². The van der Waals surface area contributed by atoms with Crippen LogP contribution in [0.2, 0.25) is 0 Å². The lowest BCUT2D eigenvalue weighted by molar-refractivity contribution is 0.0569. The predicted molar refractivity (Wildman–Crippen MR) is 129 cm³/mol. The largest absolute Gasteiger partial charge is 0.331 e. The lowest BCUT2D eigenvalue weighted by Gasteiger charge is -2.37. The molecule has 172 valence electrons. The van der Waals surface area contributed by atoms with Crippen LogP contribution in [0.4, 0.5) is 0 Å². The molecule has 0 bridgehead atoms. The standard InChI is InChI=1S/C27H33N5O/c1-20-28-29-26-12-11-24(19-31(20)26)22-9-6-10-23(17-22)27(33)32(18-21-7-4-3-5-8-21)25-13-15-30(2)16-14-25/h3-10,17,24-25H,11-16,18-19H2,1-2H3/t24-/m1/s1. The fourth-order valence-corrected chi connectivity index (χ4v) is 5.28. The Morgan fingerprint density at radius 1 is 1.03 bits per heavy atom. The lowest BCUT2D eigenvalue weighted by atomic mass is 9.90. The zero-order chi connectivity index (χ0) is 22.8. The molecule has 6 heteroatoms. The van der Waals surface area contributed by atoms with E-state index in [0.29, 0.717) is 12.5 Å².